The number of carbonyl (C=O) groups excluding carboxylic acids is 2. The summed E-state index contributed by atoms with van der Waals surface area (Å²) in [5, 5.41) is 4.81. The van der Waals surface area contributed by atoms with Crippen LogP contribution in [0.25, 0.3) is 0 Å². The first-order valence-corrected chi connectivity index (χ1v) is 6.81. The van der Waals surface area contributed by atoms with E-state index in [-0.39, 0.29) is 19.0 Å². The predicted molar refractivity (Wildman–Crippen MR) is 80.1 cm³/mol. The summed E-state index contributed by atoms with van der Waals surface area (Å²) in [6.45, 7) is 0.304. The van der Waals surface area contributed by atoms with Crippen LogP contribution in [0.1, 0.15) is 5.76 Å². The van der Waals surface area contributed by atoms with Crippen LogP contribution in [0.4, 0.5) is 10.5 Å². The highest BCUT2D eigenvalue weighted by atomic mass is 16.3. The van der Waals surface area contributed by atoms with Gasteiger partial charge in [0.05, 0.1) is 12.8 Å². The molecular formula is C15H19N4O3+. The molecule has 0 aliphatic heterocycles. The largest absolute Gasteiger partial charge is 0.467 e. The molecule has 0 aromatic carbocycles. The number of hydrogen-bond acceptors (Lipinski definition) is 4. The molecule has 116 valence electrons. The van der Waals surface area contributed by atoms with E-state index in [0.717, 1.165) is 5.69 Å². The lowest BCUT2D eigenvalue weighted by Crippen LogP contribution is -2.47. The summed E-state index contributed by atoms with van der Waals surface area (Å²) in [5.41, 5.74) is 1.04. The molecular weight excluding hydrogens is 284 g/mol. The Labute approximate surface area is 128 Å². The zero-order valence-electron chi connectivity index (χ0n) is 12.6. The van der Waals surface area contributed by atoms with E-state index in [9.17, 15) is 9.59 Å². The van der Waals surface area contributed by atoms with E-state index >= 15 is 0 Å². The Kier molecular flexibility index (Phi) is 5.13. The monoisotopic (exact) mass is 303 g/mol. The highest BCUT2D eigenvalue weighted by Crippen LogP contribution is 2.05. The maximum Gasteiger partial charge on any atom is 0.322 e. The molecule has 2 aromatic rings. The molecule has 7 heteroatoms. The normalized spacial score (nSPS) is 10.1. The fourth-order valence-corrected chi connectivity index (χ4v) is 1.81. The van der Waals surface area contributed by atoms with E-state index in [2.05, 4.69) is 10.6 Å². The molecule has 0 aliphatic rings. The van der Waals surface area contributed by atoms with Crippen LogP contribution in [0, 0.1) is 0 Å². The SMILES string of the molecule is CN(C)c1cc[n+](CC(=O)NC(=O)NCc2ccco2)cc1. The number of nitrogens with zero attached hydrogens (tertiary/aromatic N) is 2. The molecule has 0 fully saturated rings. The van der Waals surface area contributed by atoms with Crippen LogP contribution in [0.5, 0.6) is 0 Å². The molecule has 0 spiro atoms. The number of pyridine rings is 1. The van der Waals surface area contributed by atoms with Crippen molar-refractivity contribution >= 4 is 17.6 Å². The third-order valence-electron chi connectivity index (χ3n) is 2.97. The molecule has 7 nitrogen and oxygen atoms in total. The van der Waals surface area contributed by atoms with Crippen molar-refractivity contribution < 1.29 is 18.6 Å². The molecule has 2 heterocycles. The summed E-state index contributed by atoms with van der Waals surface area (Å²) in [5.74, 6) is 0.232. The summed E-state index contributed by atoms with van der Waals surface area (Å²) in [7, 11) is 3.88. The van der Waals surface area contributed by atoms with E-state index < -0.39 is 6.03 Å². The fourth-order valence-electron chi connectivity index (χ4n) is 1.81. The van der Waals surface area contributed by atoms with Gasteiger partial charge in [0, 0.05) is 31.9 Å². The zero-order chi connectivity index (χ0) is 15.9. The lowest BCUT2D eigenvalue weighted by atomic mass is 10.4. The lowest BCUT2D eigenvalue weighted by Gasteiger charge is -2.10. The van der Waals surface area contributed by atoms with Gasteiger partial charge in [0.2, 0.25) is 6.54 Å². The standard InChI is InChI=1S/C15H18N4O3/c1-18(2)12-5-7-19(8-6-12)11-14(20)17-15(21)16-10-13-4-3-9-22-13/h3-9H,10-11H2,1-2H3,(H-,16,17,20,21)/p+1. The zero-order valence-corrected chi connectivity index (χ0v) is 12.6. The number of nitrogens with one attached hydrogen (secondary N) is 2. The van der Waals surface area contributed by atoms with Gasteiger partial charge in [-0.05, 0) is 12.1 Å². The first-order chi connectivity index (χ1) is 10.5. The van der Waals surface area contributed by atoms with Crippen molar-refractivity contribution in [3.8, 4) is 0 Å². The number of anilines is 1. The minimum absolute atomic E-state index is 0.0713. The van der Waals surface area contributed by atoms with Crippen molar-refractivity contribution in [1.82, 2.24) is 10.6 Å². The number of rotatable bonds is 5. The van der Waals surface area contributed by atoms with E-state index in [1.165, 1.54) is 6.26 Å². The van der Waals surface area contributed by atoms with Crippen molar-refractivity contribution in [2.24, 2.45) is 0 Å². The average molecular weight is 303 g/mol. The summed E-state index contributed by atoms with van der Waals surface area (Å²) in [4.78, 5) is 25.3. The number of imide groups is 1. The Morgan fingerprint density at radius 3 is 2.55 bits per heavy atom. The van der Waals surface area contributed by atoms with E-state index in [1.54, 1.807) is 29.1 Å². The maximum absolute atomic E-state index is 11.8. The van der Waals surface area contributed by atoms with Gasteiger partial charge in [-0.3, -0.25) is 10.1 Å². The van der Waals surface area contributed by atoms with Gasteiger partial charge in [-0.25, -0.2) is 4.79 Å². The Morgan fingerprint density at radius 1 is 1.23 bits per heavy atom. The van der Waals surface area contributed by atoms with Gasteiger partial charge in [-0.2, -0.15) is 4.57 Å². The predicted octanol–water partition coefficient (Wildman–Crippen LogP) is 0.659. The Morgan fingerprint density at radius 2 is 1.95 bits per heavy atom. The molecule has 2 aromatic heterocycles. The first-order valence-electron chi connectivity index (χ1n) is 6.81. The summed E-state index contributed by atoms with van der Waals surface area (Å²) >= 11 is 0. The Bertz CT molecular complexity index is 621. The van der Waals surface area contributed by atoms with Crippen molar-refractivity contribution in [3.05, 3.63) is 48.7 Å². The van der Waals surface area contributed by atoms with E-state index in [0.29, 0.717) is 5.76 Å². The smallest absolute Gasteiger partial charge is 0.322 e. The van der Waals surface area contributed by atoms with Crippen LogP contribution in [-0.4, -0.2) is 26.0 Å². The first kappa shape index (κ1) is 15.6. The summed E-state index contributed by atoms with van der Waals surface area (Å²) in [6, 6.07) is 6.71. The number of aromatic nitrogens is 1. The average Bonchev–Trinajstić information content (AvgIpc) is 2.99. The topological polar surface area (TPSA) is 78.5 Å². The molecule has 0 saturated carbocycles. The second kappa shape index (κ2) is 7.26. The van der Waals surface area contributed by atoms with Crippen molar-refractivity contribution in [2.45, 2.75) is 13.1 Å². The molecule has 22 heavy (non-hydrogen) atoms. The highest BCUT2D eigenvalue weighted by molar-refractivity contribution is 5.93. The second-order valence-electron chi connectivity index (χ2n) is 4.93. The van der Waals surface area contributed by atoms with E-state index in [4.69, 9.17) is 4.42 Å². The third kappa shape index (κ3) is 4.62. The minimum atomic E-state index is -0.549. The van der Waals surface area contributed by atoms with Gasteiger partial charge >= 0.3 is 6.03 Å². The van der Waals surface area contributed by atoms with Crippen molar-refractivity contribution in [2.75, 3.05) is 19.0 Å². The van der Waals surface area contributed by atoms with Crippen LogP contribution >= 0.6 is 0 Å². The van der Waals surface area contributed by atoms with Crippen molar-refractivity contribution in [3.63, 3.8) is 0 Å². The van der Waals surface area contributed by atoms with Gasteiger partial charge in [-0.15, -0.1) is 0 Å². The molecule has 0 atom stereocenters. The van der Waals surface area contributed by atoms with Gasteiger partial charge < -0.3 is 14.6 Å². The second-order valence-corrected chi connectivity index (χ2v) is 4.93. The number of hydrogen-bond donors (Lipinski definition) is 2. The molecule has 0 aliphatic carbocycles. The van der Waals surface area contributed by atoms with Crippen LogP contribution in [0.3, 0.4) is 0 Å². The third-order valence-corrected chi connectivity index (χ3v) is 2.97. The van der Waals surface area contributed by atoms with Crippen LogP contribution < -0.4 is 20.1 Å². The van der Waals surface area contributed by atoms with Gasteiger partial charge in [0.1, 0.15) is 5.76 Å². The Hall–Kier alpha value is -2.83. The molecule has 3 amide bonds. The highest BCUT2D eigenvalue weighted by Gasteiger charge is 2.13. The number of amides is 3. The molecule has 0 unspecified atom stereocenters. The molecule has 0 radical (unpaired) electrons. The lowest BCUT2D eigenvalue weighted by molar-refractivity contribution is -0.684. The summed E-state index contributed by atoms with van der Waals surface area (Å²) in [6.07, 6.45) is 5.10. The van der Waals surface area contributed by atoms with Gasteiger partial charge in [0.25, 0.3) is 5.91 Å². The number of furan rings is 1. The Balaban J connectivity index is 1.78. The fraction of sp³-hybridized carbons (Fsp3) is 0.267. The number of carbonyl (C=O) groups is 2. The molecule has 2 N–H and O–H groups in total. The quantitative estimate of drug-likeness (QED) is 0.795. The van der Waals surface area contributed by atoms with Crippen molar-refractivity contribution in [1.29, 1.82) is 0 Å². The maximum atomic E-state index is 11.8. The minimum Gasteiger partial charge on any atom is -0.467 e. The molecule has 0 saturated heterocycles. The van der Waals surface area contributed by atoms with Crippen LogP contribution in [-0.2, 0) is 17.9 Å². The van der Waals surface area contributed by atoms with E-state index in [1.807, 2.05) is 31.1 Å². The van der Waals surface area contributed by atoms with Gasteiger partial charge in [0.15, 0.2) is 12.4 Å². The molecule has 0 bridgehead atoms. The molecule has 2 rings (SSSR count). The summed E-state index contributed by atoms with van der Waals surface area (Å²) < 4.78 is 6.78. The number of urea groups is 1. The van der Waals surface area contributed by atoms with Gasteiger partial charge in [-0.1, -0.05) is 0 Å². The van der Waals surface area contributed by atoms with Crippen LogP contribution in [0.2, 0.25) is 0 Å². The van der Waals surface area contributed by atoms with Crippen LogP contribution in [0.15, 0.2) is 47.3 Å².